The van der Waals surface area contributed by atoms with Gasteiger partial charge in [-0.15, -0.1) is 10.2 Å². The number of aromatic amines is 1. The Bertz CT molecular complexity index is 404. The maximum absolute atomic E-state index is 5.93. The molecule has 3 N–H and O–H groups in total. The van der Waals surface area contributed by atoms with Gasteiger partial charge in [0.05, 0.1) is 12.2 Å². The molecular formula is C8H13N7. The molecule has 2 aromatic rings. The van der Waals surface area contributed by atoms with Crippen LogP contribution in [0, 0.1) is 0 Å². The first-order valence-corrected chi connectivity index (χ1v) is 4.82. The Morgan fingerprint density at radius 2 is 2.47 bits per heavy atom. The fourth-order valence-corrected chi connectivity index (χ4v) is 1.34. The molecule has 0 bridgehead atoms. The molecule has 0 aliphatic rings. The van der Waals surface area contributed by atoms with Gasteiger partial charge in [-0.1, -0.05) is 12.1 Å². The highest BCUT2D eigenvalue weighted by Gasteiger charge is 2.14. The van der Waals surface area contributed by atoms with Crippen molar-refractivity contribution in [1.29, 1.82) is 0 Å². The van der Waals surface area contributed by atoms with E-state index >= 15 is 0 Å². The number of aryl methyl sites for hydroxylation is 1. The van der Waals surface area contributed by atoms with E-state index in [0.717, 1.165) is 18.5 Å². The van der Waals surface area contributed by atoms with E-state index in [9.17, 15) is 0 Å². The maximum atomic E-state index is 5.93. The highest BCUT2D eigenvalue weighted by atomic mass is 15.5. The number of nitrogens with two attached hydrogens (primary N) is 1. The van der Waals surface area contributed by atoms with Crippen LogP contribution >= 0.6 is 0 Å². The monoisotopic (exact) mass is 207 g/mol. The van der Waals surface area contributed by atoms with Crippen molar-refractivity contribution in [2.24, 2.45) is 5.73 Å². The molecular weight excluding hydrogens is 194 g/mol. The molecule has 0 saturated heterocycles. The molecule has 0 spiro atoms. The quantitative estimate of drug-likeness (QED) is 0.726. The van der Waals surface area contributed by atoms with Gasteiger partial charge in [0.15, 0.2) is 5.82 Å². The highest BCUT2D eigenvalue weighted by molar-refractivity contribution is 5.16. The summed E-state index contributed by atoms with van der Waals surface area (Å²) >= 11 is 0. The summed E-state index contributed by atoms with van der Waals surface area (Å²) in [6.07, 6.45) is 4.68. The zero-order valence-electron chi connectivity index (χ0n) is 8.46. The van der Waals surface area contributed by atoms with Gasteiger partial charge >= 0.3 is 0 Å². The third-order valence-corrected chi connectivity index (χ3v) is 2.10. The molecule has 2 rings (SSSR count). The molecule has 7 nitrogen and oxygen atoms in total. The Kier molecular flexibility index (Phi) is 2.72. The van der Waals surface area contributed by atoms with Crippen molar-refractivity contribution in [2.75, 3.05) is 0 Å². The van der Waals surface area contributed by atoms with Crippen LogP contribution in [0.2, 0.25) is 0 Å². The summed E-state index contributed by atoms with van der Waals surface area (Å²) in [6.45, 7) is 2.99. The molecule has 0 aliphatic carbocycles. The topological polar surface area (TPSA) is 98.3 Å². The van der Waals surface area contributed by atoms with Crippen molar-refractivity contribution in [3.63, 3.8) is 0 Å². The minimum Gasteiger partial charge on any atom is -0.317 e. The summed E-state index contributed by atoms with van der Waals surface area (Å²) in [5.41, 5.74) is 6.83. The fraction of sp³-hybridized carbons (Fsp3) is 0.500. The van der Waals surface area contributed by atoms with Gasteiger partial charge in [0, 0.05) is 18.3 Å². The molecule has 1 unspecified atom stereocenters. The molecule has 80 valence electrons. The average Bonchev–Trinajstić information content (AvgIpc) is 2.87. The van der Waals surface area contributed by atoms with Crippen molar-refractivity contribution >= 4 is 0 Å². The minimum atomic E-state index is -0.366. The van der Waals surface area contributed by atoms with Gasteiger partial charge in [-0.25, -0.2) is 0 Å². The summed E-state index contributed by atoms with van der Waals surface area (Å²) in [5, 5.41) is 17.7. The first-order chi connectivity index (χ1) is 7.31. The van der Waals surface area contributed by atoms with Crippen LogP contribution in [-0.2, 0) is 6.54 Å². The third-order valence-electron chi connectivity index (χ3n) is 2.10. The van der Waals surface area contributed by atoms with Crippen LogP contribution in [0.5, 0.6) is 0 Å². The number of H-pyrrole nitrogens is 1. The van der Waals surface area contributed by atoms with Crippen molar-refractivity contribution in [1.82, 2.24) is 30.4 Å². The lowest BCUT2D eigenvalue weighted by molar-refractivity contribution is 0.601. The van der Waals surface area contributed by atoms with Gasteiger partial charge in [0.25, 0.3) is 0 Å². The summed E-state index contributed by atoms with van der Waals surface area (Å²) < 4.78 is 1.86. The van der Waals surface area contributed by atoms with Crippen LogP contribution in [-0.4, -0.2) is 30.4 Å². The Balaban J connectivity index is 2.15. The molecule has 0 amide bonds. The van der Waals surface area contributed by atoms with Gasteiger partial charge in [-0.2, -0.15) is 10.3 Å². The zero-order chi connectivity index (χ0) is 10.7. The molecule has 1 atom stereocenters. The summed E-state index contributed by atoms with van der Waals surface area (Å²) in [6, 6.07) is -0.366. The van der Waals surface area contributed by atoms with E-state index in [-0.39, 0.29) is 6.04 Å². The van der Waals surface area contributed by atoms with Gasteiger partial charge in [0.2, 0.25) is 0 Å². The largest absolute Gasteiger partial charge is 0.317 e. The second-order valence-electron chi connectivity index (χ2n) is 3.28. The molecule has 0 saturated carbocycles. The van der Waals surface area contributed by atoms with Gasteiger partial charge in [0.1, 0.15) is 0 Å². The smallest absolute Gasteiger partial charge is 0.195 e. The first kappa shape index (κ1) is 9.78. The lowest BCUT2D eigenvalue weighted by Gasteiger charge is -2.02. The standard InChI is InChI=1S/C8H13N7/c1-2-3-15-5-6(4-10-15)7(9)8-11-13-14-12-8/h4-5,7H,2-3,9H2,1H3,(H,11,12,13,14). The molecule has 0 radical (unpaired) electrons. The Morgan fingerprint density at radius 1 is 1.60 bits per heavy atom. The van der Waals surface area contributed by atoms with Crippen LogP contribution < -0.4 is 5.73 Å². The predicted molar refractivity (Wildman–Crippen MR) is 52.7 cm³/mol. The maximum Gasteiger partial charge on any atom is 0.195 e. The van der Waals surface area contributed by atoms with E-state index in [1.54, 1.807) is 6.20 Å². The fourth-order valence-electron chi connectivity index (χ4n) is 1.34. The number of hydrogen-bond donors (Lipinski definition) is 2. The van der Waals surface area contributed by atoms with Crippen molar-refractivity contribution < 1.29 is 0 Å². The predicted octanol–water partition coefficient (Wildman–Crippen LogP) is -0.146. The summed E-state index contributed by atoms with van der Waals surface area (Å²) in [7, 11) is 0. The molecule has 2 heterocycles. The van der Waals surface area contributed by atoms with Crippen LogP contribution in [0.15, 0.2) is 12.4 Å². The Morgan fingerprint density at radius 3 is 3.13 bits per heavy atom. The van der Waals surface area contributed by atoms with Gasteiger partial charge < -0.3 is 5.73 Å². The molecule has 0 fully saturated rings. The van der Waals surface area contributed by atoms with Crippen molar-refractivity contribution in [3.8, 4) is 0 Å². The van der Waals surface area contributed by atoms with Crippen molar-refractivity contribution in [3.05, 3.63) is 23.8 Å². The van der Waals surface area contributed by atoms with E-state index < -0.39 is 0 Å². The lowest BCUT2D eigenvalue weighted by Crippen LogP contribution is -2.13. The van der Waals surface area contributed by atoms with E-state index in [2.05, 4.69) is 32.6 Å². The number of rotatable bonds is 4. The van der Waals surface area contributed by atoms with Crippen molar-refractivity contribution in [2.45, 2.75) is 25.9 Å². The normalized spacial score (nSPS) is 12.9. The van der Waals surface area contributed by atoms with Crippen LogP contribution in [0.4, 0.5) is 0 Å². The van der Waals surface area contributed by atoms with E-state index in [0.29, 0.717) is 5.82 Å². The first-order valence-electron chi connectivity index (χ1n) is 4.82. The molecule has 2 aromatic heterocycles. The summed E-state index contributed by atoms with van der Waals surface area (Å²) in [5.74, 6) is 0.478. The number of tetrazole rings is 1. The third kappa shape index (κ3) is 2.01. The van der Waals surface area contributed by atoms with Crippen LogP contribution in [0.25, 0.3) is 0 Å². The second-order valence-corrected chi connectivity index (χ2v) is 3.28. The average molecular weight is 207 g/mol. The molecule has 0 aromatic carbocycles. The van der Waals surface area contributed by atoms with Crippen LogP contribution in [0.3, 0.4) is 0 Å². The molecule has 0 aliphatic heterocycles. The van der Waals surface area contributed by atoms with E-state index in [4.69, 9.17) is 5.73 Å². The number of hydrogen-bond acceptors (Lipinski definition) is 5. The lowest BCUT2D eigenvalue weighted by atomic mass is 10.2. The summed E-state index contributed by atoms with van der Waals surface area (Å²) in [4.78, 5) is 0. The minimum absolute atomic E-state index is 0.366. The second kappa shape index (κ2) is 4.18. The Labute approximate surface area is 86.7 Å². The van der Waals surface area contributed by atoms with Gasteiger partial charge in [-0.3, -0.25) is 4.68 Å². The van der Waals surface area contributed by atoms with E-state index in [1.807, 2.05) is 10.9 Å². The highest BCUT2D eigenvalue weighted by Crippen LogP contribution is 2.13. The SMILES string of the molecule is CCCn1cc(C(N)c2nn[nH]n2)cn1. The molecule has 15 heavy (non-hydrogen) atoms. The number of aromatic nitrogens is 6. The van der Waals surface area contributed by atoms with Crippen LogP contribution in [0.1, 0.15) is 30.8 Å². The zero-order valence-corrected chi connectivity index (χ0v) is 8.46. The molecule has 7 heteroatoms. The number of nitrogens with one attached hydrogen (secondary N) is 1. The van der Waals surface area contributed by atoms with E-state index in [1.165, 1.54) is 0 Å². The van der Waals surface area contributed by atoms with Gasteiger partial charge in [-0.05, 0) is 6.42 Å². The Hall–Kier alpha value is -1.76. The number of nitrogens with zero attached hydrogens (tertiary/aromatic N) is 5.